The van der Waals surface area contributed by atoms with Crippen LogP contribution in [0, 0.1) is 12.8 Å². The van der Waals surface area contributed by atoms with E-state index in [0.717, 1.165) is 37.0 Å². The van der Waals surface area contributed by atoms with Crippen LogP contribution in [0.15, 0.2) is 35.0 Å². The number of amides is 1. The van der Waals surface area contributed by atoms with Crippen molar-refractivity contribution >= 4 is 16.8 Å². The molecule has 7 heteroatoms. The van der Waals surface area contributed by atoms with E-state index in [0.29, 0.717) is 29.7 Å². The minimum Gasteiger partial charge on any atom is -0.361 e. The second-order valence-electron chi connectivity index (χ2n) is 7.97. The Balaban J connectivity index is 1.61. The molecular formula is C21H27N5O2. The molecule has 3 aromatic rings. The van der Waals surface area contributed by atoms with Gasteiger partial charge in [0, 0.05) is 48.8 Å². The van der Waals surface area contributed by atoms with Crippen LogP contribution in [0.5, 0.6) is 0 Å². The Morgan fingerprint density at radius 2 is 2.18 bits per heavy atom. The summed E-state index contributed by atoms with van der Waals surface area (Å²) in [5, 5.41) is 5.02. The molecule has 0 aliphatic carbocycles. The molecule has 0 bridgehead atoms. The van der Waals surface area contributed by atoms with Gasteiger partial charge in [-0.25, -0.2) is 0 Å². The third-order valence-electron chi connectivity index (χ3n) is 5.22. The highest BCUT2D eigenvalue weighted by atomic mass is 16.5. The molecule has 1 N–H and O–H groups in total. The number of hydrogen-bond donors (Lipinski definition) is 1. The summed E-state index contributed by atoms with van der Waals surface area (Å²) in [5.74, 6) is 1.79. The third kappa shape index (κ3) is 3.80. The lowest BCUT2D eigenvalue weighted by molar-refractivity contribution is 0.0709. The first-order valence-corrected chi connectivity index (χ1v) is 9.92. The van der Waals surface area contributed by atoms with Gasteiger partial charge < -0.3 is 14.4 Å². The highest BCUT2D eigenvalue weighted by Crippen LogP contribution is 2.26. The largest absolute Gasteiger partial charge is 0.361 e. The average Bonchev–Trinajstić information content (AvgIpc) is 3.26. The zero-order valence-corrected chi connectivity index (χ0v) is 16.7. The molecule has 2 aromatic heterocycles. The lowest BCUT2D eigenvalue weighted by atomic mass is 10.1. The summed E-state index contributed by atoms with van der Waals surface area (Å²) >= 11 is 0. The van der Waals surface area contributed by atoms with E-state index in [9.17, 15) is 4.79 Å². The number of hydrogen-bond acceptors (Lipinski definition) is 5. The maximum absolute atomic E-state index is 13.3. The Hall–Kier alpha value is -2.67. The van der Waals surface area contributed by atoms with Gasteiger partial charge in [-0.2, -0.15) is 4.98 Å². The maximum atomic E-state index is 13.3. The number of nitrogens with one attached hydrogen (secondary N) is 1. The van der Waals surface area contributed by atoms with Crippen molar-refractivity contribution in [2.75, 3.05) is 26.2 Å². The Morgan fingerprint density at radius 3 is 2.93 bits per heavy atom. The summed E-state index contributed by atoms with van der Waals surface area (Å²) in [4.78, 5) is 25.2. The minimum absolute atomic E-state index is 0.0516. The highest BCUT2D eigenvalue weighted by Gasteiger charge is 2.32. The standard InChI is InChI=1S/C21H27N5O2/c1-14(2)12-25-9-4-10-26(13-19(25)20-23-15(3)24-28-20)21(27)17-5-6-18-16(11-17)7-8-22-18/h5-8,11,14,19,22H,4,9-10,12-13H2,1-3H3. The van der Waals surface area contributed by atoms with Gasteiger partial charge in [0.1, 0.15) is 6.04 Å². The topological polar surface area (TPSA) is 78.3 Å². The highest BCUT2D eigenvalue weighted by molar-refractivity contribution is 5.98. The predicted molar refractivity (Wildman–Crippen MR) is 107 cm³/mol. The monoisotopic (exact) mass is 381 g/mol. The van der Waals surface area contributed by atoms with Crippen molar-refractivity contribution in [3.8, 4) is 0 Å². The first-order valence-electron chi connectivity index (χ1n) is 9.92. The summed E-state index contributed by atoms with van der Waals surface area (Å²) in [5.41, 5.74) is 1.75. The molecule has 0 saturated carbocycles. The number of aromatic amines is 1. The van der Waals surface area contributed by atoms with Crippen LogP contribution in [-0.2, 0) is 0 Å². The molecule has 1 fully saturated rings. The molecule has 1 aliphatic heterocycles. The molecule has 4 rings (SSSR count). The fourth-order valence-electron chi connectivity index (χ4n) is 3.96. The smallest absolute Gasteiger partial charge is 0.253 e. The van der Waals surface area contributed by atoms with Crippen molar-refractivity contribution in [3.63, 3.8) is 0 Å². The van der Waals surface area contributed by atoms with E-state index in [-0.39, 0.29) is 11.9 Å². The van der Waals surface area contributed by atoms with E-state index in [1.165, 1.54) is 0 Å². The summed E-state index contributed by atoms with van der Waals surface area (Å²) in [6, 6.07) is 7.72. The lowest BCUT2D eigenvalue weighted by Gasteiger charge is -2.30. The van der Waals surface area contributed by atoms with Crippen molar-refractivity contribution < 1.29 is 9.32 Å². The van der Waals surface area contributed by atoms with Crippen molar-refractivity contribution in [1.82, 2.24) is 24.9 Å². The quantitative estimate of drug-likeness (QED) is 0.749. The van der Waals surface area contributed by atoms with Gasteiger partial charge in [-0.1, -0.05) is 19.0 Å². The van der Waals surface area contributed by atoms with Crippen LogP contribution in [0.3, 0.4) is 0 Å². The van der Waals surface area contributed by atoms with Gasteiger partial charge in [0.05, 0.1) is 0 Å². The van der Waals surface area contributed by atoms with Gasteiger partial charge in [-0.3, -0.25) is 9.69 Å². The van der Waals surface area contributed by atoms with Crippen molar-refractivity contribution in [1.29, 1.82) is 0 Å². The molecule has 148 valence electrons. The Bertz CT molecular complexity index is 961. The summed E-state index contributed by atoms with van der Waals surface area (Å²) in [6.45, 7) is 9.35. The van der Waals surface area contributed by atoms with E-state index >= 15 is 0 Å². The second kappa shape index (κ2) is 7.75. The molecule has 1 amide bonds. The number of carbonyl (C=O) groups is 1. The van der Waals surface area contributed by atoms with Gasteiger partial charge in [-0.05, 0) is 43.5 Å². The van der Waals surface area contributed by atoms with Crippen LogP contribution in [0.1, 0.15) is 48.4 Å². The van der Waals surface area contributed by atoms with Gasteiger partial charge in [-0.15, -0.1) is 0 Å². The van der Waals surface area contributed by atoms with E-state index in [2.05, 4.69) is 33.9 Å². The second-order valence-corrected chi connectivity index (χ2v) is 7.97. The molecule has 3 heterocycles. The molecule has 0 radical (unpaired) electrons. The predicted octanol–water partition coefficient (Wildman–Crippen LogP) is 3.40. The van der Waals surface area contributed by atoms with Gasteiger partial charge in [0.15, 0.2) is 5.82 Å². The van der Waals surface area contributed by atoms with Crippen molar-refractivity contribution in [2.45, 2.75) is 33.2 Å². The summed E-state index contributed by atoms with van der Waals surface area (Å²) < 4.78 is 5.51. The third-order valence-corrected chi connectivity index (χ3v) is 5.22. The normalized spacial score (nSPS) is 18.7. The SMILES string of the molecule is Cc1noc(C2CN(C(=O)c3ccc4[nH]ccc4c3)CCCN2CC(C)C)n1. The number of fused-ring (bicyclic) bond motifs is 1. The van der Waals surface area contributed by atoms with Crippen LogP contribution in [-0.4, -0.2) is 57.0 Å². The van der Waals surface area contributed by atoms with E-state index in [4.69, 9.17) is 4.52 Å². The van der Waals surface area contributed by atoms with E-state index in [1.807, 2.05) is 42.3 Å². The number of nitrogens with zero attached hydrogens (tertiary/aromatic N) is 4. The molecular weight excluding hydrogens is 354 g/mol. The Morgan fingerprint density at radius 1 is 1.32 bits per heavy atom. The summed E-state index contributed by atoms with van der Waals surface area (Å²) in [6.07, 6.45) is 2.82. The van der Waals surface area contributed by atoms with Crippen molar-refractivity contribution in [3.05, 3.63) is 47.7 Å². The number of H-pyrrole nitrogens is 1. The minimum atomic E-state index is -0.0777. The fraction of sp³-hybridized carbons (Fsp3) is 0.476. The number of aromatic nitrogens is 3. The maximum Gasteiger partial charge on any atom is 0.253 e. The van der Waals surface area contributed by atoms with Gasteiger partial charge >= 0.3 is 0 Å². The molecule has 1 saturated heterocycles. The number of rotatable bonds is 4. The molecule has 1 aromatic carbocycles. The zero-order valence-electron chi connectivity index (χ0n) is 16.7. The van der Waals surface area contributed by atoms with Crippen molar-refractivity contribution in [2.24, 2.45) is 5.92 Å². The summed E-state index contributed by atoms with van der Waals surface area (Å²) in [7, 11) is 0. The first-order chi connectivity index (χ1) is 13.5. The Labute approximate surface area is 164 Å². The van der Waals surface area contributed by atoms with Crippen LogP contribution in [0.2, 0.25) is 0 Å². The van der Waals surface area contributed by atoms with Crippen LogP contribution >= 0.6 is 0 Å². The van der Waals surface area contributed by atoms with Crippen LogP contribution in [0.4, 0.5) is 0 Å². The average molecular weight is 381 g/mol. The fourth-order valence-corrected chi connectivity index (χ4v) is 3.96. The van der Waals surface area contributed by atoms with Crippen LogP contribution in [0.25, 0.3) is 10.9 Å². The molecule has 0 spiro atoms. The van der Waals surface area contributed by atoms with Gasteiger partial charge in [0.2, 0.25) is 5.89 Å². The van der Waals surface area contributed by atoms with Gasteiger partial charge in [0.25, 0.3) is 5.91 Å². The number of carbonyl (C=O) groups excluding carboxylic acids is 1. The van der Waals surface area contributed by atoms with Crippen LogP contribution < -0.4 is 0 Å². The first kappa shape index (κ1) is 18.7. The van der Waals surface area contributed by atoms with E-state index < -0.39 is 0 Å². The molecule has 1 aliphatic rings. The molecule has 28 heavy (non-hydrogen) atoms. The molecule has 1 unspecified atom stereocenters. The molecule has 1 atom stereocenters. The Kier molecular flexibility index (Phi) is 5.17. The lowest BCUT2D eigenvalue weighted by Crippen LogP contribution is -2.39. The molecule has 7 nitrogen and oxygen atoms in total. The number of aryl methyl sites for hydroxylation is 1. The number of benzene rings is 1. The zero-order chi connectivity index (χ0) is 19.7. The van der Waals surface area contributed by atoms with E-state index in [1.54, 1.807) is 0 Å².